The van der Waals surface area contributed by atoms with Crippen LogP contribution in [-0.2, 0) is 0 Å². The highest BCUT2D eigenvalue weighted by molar-refractivity contribution is 5.85. The van der Waals surface area contributed by atoms with Crippen molar-refractivity contribution in [2.45, 2.75) is 51.7 Å². The molecule has 0 spiro atoms. The monoisotopic (exact) mass is 459 g/mol. The first-order chi connectivity index (χ1) is 16.5. The Morgan fingerprint density at radius 2 is 1.82 bits per heavy atom. The molecule has 34 heavy (non-hydrogen) atoms. The molecule has 0 amide bonds. The minimum Gasteiger partial charge on any atom is -0.350 e. The number of fused-ring (bicyclic) bond motifs is 2. The Morgan fingerprint density at radius 3 is 2.59 bits per heavy atom. The van der Waals surface area contributed by atoms with E-state index in [2.05, 4.69) is 67.7 Å². The molecule has 0 atom stereocenters. The third-order valence-electron chi connectivity index (χ3n) is 7.47. The average Bonchev–Trinajstić information content (AvgIpc) is 3.36. The fourth-order valence-electron chi connectivity index (χ4n) is 5.47. The molecule has 4 aromatic rings. The lowest BCUT2D eigenvalue weighted by atomic mass is 9.85. The molecule has 1 aliphatic heterocycles. The van der Waals surface area contributed by atoms with Gasteiger partial charge in [0.1, 0.15) is 5.82 Å². The summed E-state index contributed by atoms with van der Waals surface area (Å²) in [4.78, 5) is 18.9. The lowest BCUT2D eigenvalue weighted by molar-refractivity contribution is 0.0656. The maximum Gasteiger partial charge on any atom is 0.241 e. The normalized spacial score (nSPS) is 22.0. The van der Waals surface area contributed by atoms with Gasteiger partial charge in [-0.3, -0.25) is 4.90 Å². The number of piperazine rings is 1. The lowest BCUT2D eigenvalue weighted by Gasteiger charge is -2.46. The van der Waals surface area contributed by atoms with Crippen molar-refractivity contribution >= 4 is 22.6 Å². The van der Waals surface area contributed by atoms with E-state index in [1.54, 1.807) is 0 Å². The maximum atomic E-state index is 4.74. The van der Waals surface area contributed by atoms with Crippen LogP contribution in [0.1, 0.15) is 38.6 Å². The van der Waals surface area contributed by atoms with Crippen molar-refractivity contribution in [1.82, 2.24) is 38.9 Å². The second kappa shape index (κ2) is 8.32. The predicted molar refractivity (Wildman–Crippen MR) is 134 cm³/mol. The van der Waals surface area contributed by atoms with E-state index in [0.29, 0.717) is 24.1 Å². The van der Waals surface area contributed by atoms with Gasteiger partial charge in [0.15, 0.2) is 5.65 Å². The van der Waals surface area contributed by atoms with Gasteiger partial charge in [0.05, 0.1) is 17.2 Å². The smallest absolute Gasteiger partial charge is 0.241 e. The van der Waals surface area contributed by atoms with Crippen molar-refractivity contribution in [3.05, 3.63) is 36.5 Å². The minimum absolute atomic E-state index is 0.326. The Balaban J connectivity index is 1.19. The van der Waals surface area contributed by atoms with E-state index in [1.165, 1.54) is 26.2 Å². The van der Waals surface area contributed by atoms with Gasteiger partial charge in [-0.05, 0) is 52.8 Å². The van der Waals surface area contributed by atoms with Crippen molar-refractivity contribution in [3.8, 4) is 11.1 Å². The molecule has 2 fully saturated rings. The molecule has 178 valence electrons. The van der Waals surface area contributed by atoms with Gasteiger partial charge in [-0.2, -0.15) is 0 Å². The number of nitrogens with zero attached hydrogens (tertiary/aromatic N) is 8. The first kappa shape index (κ1) is 21.5. The molecule has 0 unspecified atom stereocenters. The largest absolute Gasteiger partial charge is 0.350 e. The standard InChI is InChI=1S/C25H33N9/c1-16(2)34-17(3)28-24-22(34)11-18(14-26-24)21-5-6-33-23(21)15-27-25(30-33)29-19-12-20(13-19)32-9-7-31(4)8-10-32/h5-6,11,14-16,19-20H,7-10,12-13H2,1-4H3,(H,29,30)/t19-,20+. The van der Waals surface area contributed by atoms with E-state index in [4.69, 9.17) is 5.10 Å². The maximum absolute atomic E-state index is 4.74. The van der Waals surface area contributed by atoms with Crippen LogP contribution in [-0.4, -0.2) is 84.2 Å². The summed E-state index contributed by atoms with van der Waals surface area (Å²) in [5, 5.41) is 8.28. The Bertz CT molecular complexity index is 1320. The molecule has 1 aliphatic carbocycles. The van der Waals surface area contributed by atoms with Crippen LogP contribution in [0.5, 0.6) is 0 Å². The van der Waals surface area contributed by atoms with Crippen LogP contribution in [0.2, 0.25) is 0 Å². The van der Waals surface area contributed by atoms with Crippen LogP contribution < -0.4 is 5.32 Å². The van der Waals surface area contributed by atoms with Crippen molar-refractivity contribution in [1.29, 1.82) is 0 Å². The Kier molecular flexibility index (Phi) is 5.26. The first-order valence-electron chi connectivity index (χ1n) is 12.3. The SMILES string of the molecule is Cc1nc2ncc(-c3ccn4nc(N[C@H]5C[C@@H](N6CCN(C)CC6)C5)ncc34)cc2n1C(C)C. The Labute approximate surface area is 199 Å². The van der Waals surface area contributed by atoms with Gasteiger partial charge >= 0.3 is 0 Å². The van der Waals surface area contributed by atoms with E-state index in [9.17, 15) is 0 Å². The zero-order valence-corrected chi connectivity index (χ0v) is 20.4. The van der Waals surface area contributed by atoms with E-state index < -0.39 is 0 Å². The van der Waals surface area contributed by atoms with Crippen molar-refractivity contribution in [3.63, 3.8) is 0 Å². The average molecular weight is 460 g/mol. The van der Waals surface area contributed by atoms with Gasteiger partial charge < -0.3 is 14.8 Å². The number of anilines is 1. The molecule has 9 heteroatoms. The number of hydrogen-bond donors (Lipinski definition) is 1. The predicted octanol–water partition coefficient (Wildman–Crippen LogP) is 3.22. The van der Waals surface area contributed by atoms with Gasteiger partial charge in [0, 0.05) is 67.8 Å². The second-order valence-electron chi connectivity index (χ2n) is 10.1. The van der Waals surface area contributed by atoms with E-state index in [-0.39, 0.29) is 0 Å². The summed E-state index contributed by atoms with van der Waals surface area (Å²) in [5.41, 5.74) is 4.95. The summed E-state index contributed by atoms with van der Waals surface area (Å²) in [6.07, 6.45) is 8.14. The number of imidazole rings is 1. The van der Waals surface area contributed by atoms with Crippen LogP contribution >= 0.6 is 0 Å². The molecule has 6 rings (SSSR count). The molecule has 0 radical (unpaired) electrons. The number of rotatable bonds is 5. The number of aromatic nitrogens is 6. The zero-order chi connectivity index (χ0) is 23.4. The zero-order valence-electron chi connectivity index (χ0n) is 20.4. The van der Waals surface area contributed by atoms with E-state index >= 15 is 0 Å². The molecular weight excluding hydrogens is 426 g/mol. The van der Waals surface area contributed by atoms with Crippen molar-refractivity contribution in [2.75, 3.05) is 38.5 Å². The van der Waals surface area contributed by atoms with Gasteiger partial charge in [-0.1, -0.05) is 0 Å². The van der Waals surface area contributed by atoms with E-state index in [1.807, 2.05) is 30.0 Å². The number of pyridine rings is 1. The highest BCUT2D eigenvalue weighted by Gasteiger charge is 2.35. The molecule has 0 bridgehead atoms. The fraction of sp³-hybridized carbons (Fsp3) is 0.520. The Morgan fingerprint density at radius 1 is 1.03 bits per heavy atom. The molecule has 2 aliphatic rings. The third kappa shape index (κ3) is 3.73. The van der Waals surface area contributed by atoms with Crippen molar-refractivity contribution < 1.29 is 0 Å². The molecule has 1 saturated carbocycles. The highest BCUT2D eigenvalue weighted by Crippen LogP contribution is 2.31. The van der Waals surface area contributed by atoms with Crippen LogP contribution in [0.3, 0.4) is 0 Å². The summed E-state index contributed by atoms with van der Waals surface area (Å²) < 4.78 is 4.15. The van der Waals surface area contributed by atoms with Crippen LogP contribution in [0.25, 0.3) is 27.8 Å². The van der Waals surface area contributed by atoms with Crippen molar-refractivity contribution in [2.24, 2.45) is 0 Å². The van der Waals surface area contributed by atoms with Crippen LogP contribution in [0.15, 0.2) is 30.7 Å². The quantitative estimate of drug-likeness (QED) is 0.491. The molecule has 4 aromatic heterocycles. The highest BCUT2D eigenvalue weighted by atomic mass is 15.3. The second-order valence-corrected chi connectivity index (χ2v) is 10.1. The molecule has 5 heterocycles. The number of likely N-dealkylation sites (N-methyl/N-ethyl adjacent to an activating group) is 1. The van der Waals surface area contributed by atoms with Gasteiger partial charge in [0.2, 0.25) is 5.95 Å². The number of hydrogen-bond acceptors (Lipinski definition) is 7. The topological polar surface area (TPSA) is 79.4 Å². The lowest BCUT2D eigenvalue weighted by Crippen LogP contribution is -2.55. The fourth-order valence-corrected chi connectivity index (χ4v) is 5.47. The molecule has 1 saturated heterocycles. The van der Waals surface area contributed by atoms with Gasteiger partial charge in [-0.25, -0.2) is 19.5 Å². The molecule has 1 N–H and O–H groups in total. The first-order valence-corrected chi connectivity index (χ1v) is 12.3. The van der Waals surface area contributed by atoms with E-state index in [0.717, 1.165) is 46.5 Å². The molecular formula is C25H33N9. The summed E-state index contributed by atoms with van der Waals surface area (Å²) in [6, 6.07) is 5.73. The summed E-state index contributed by atoms with van der Waals surface area (Å²) in [6.45, 7) is 11.1. The minimum atomic E-state index is 0.326. The number of aryl methyl sites for hydroxylation is 1. The Hall–Kier alpha value is -3.04. The third-order valence-corrected chi connectivity index (χ3v) is 7.47. The van der Waals surface area contributed by atoms with Crippen LogP contribution in [0.4, 0.5) is 5.95 Å². The summed E-state index contributed by atoms with van der Waals surface area (Å²) >= 11 is 0. The van der Waals surface area contributed by atoms with Gasteiger partial charge in [0.25, 0.3) is 0 Å². The van der Waals surface area contributed by atoms with Gasteiger partial charge in [-0.15, -0.1) is 5.10 Å². The molecule has 9 nitrogen and oxygen atoms in total. The number of nitrogens with one attached hydrogen (secondary N) is 1. The summed E-state index contributed by atoms with van der Waals surface area (Å²) in [5.74, 6) is 1.68. The van der Waals surface area contributed by atoms with Crippen LogP contribution in [0, 0.1) is 6.92 Å². The summed E-state index contributed by atoms with van der Waals surface area (Å²) in [7, 11) is 2.21. The molecule has 0 aromatic carbocycles.